The van der Waals surface area contributed by atoms with E-state index >= 15 is 0 Å². The molecule has 11 nitrogen and oxygen atoms in total. The van der Waals surface area contributed by atoms with Crippen molar-refractivity contribution in [3.63, 3.8) is 0 Å². The molecule has 1 amide bonds. The summed E-state index contributed by atoms with van der Waals surface area (Å²) in [5.41, 5.74) is 1.96. The van der Waals surface area contributed by atoms with Gasteiger partial charge in [0.2, 0.25) is 15.9 Å². The van der Waals surface area contributed by atoms with E-state index in [0.29, 0.717) is 23.3 Å². The summed E-state index contributed by atoms with van der Waals surface area (Å²) >= 11 is 0. The molecule has 12 heteroatoms. The number of sulfonamides is 1. The topological polar surface area (TPSA) is 140 Å². The number of amides is 1. The van der Waals surface area contributed by atoms with Crippen LogP contribution in [0.2, 0.25) is 0 Å². The summed E-state index contributed by atoms with van der Waals surface area (Å²) in [4.78, 5) is 25.6. The van der Waals surface area contributed by atoms with Gasteiger partial charge in [0.05, 0.1) is 36.7 Å². The van der Waals surface area contributed by atoms with Crippen LogP contribution >= 0.6 is 0 Å². The number of aliphatic hydroxyl groups excluding tert-OH is 1. The molecule has 0 radical (unpaired) electrons. The third kappa shape index (κ3) is 7.20. The van der Waals surface area contributed by atoms with E-state index in [4.69, 9.17) is 4.74 Å². The lowest BCUT2D eigenvalue weighted by Gasteiger charge is -2.31. The molecule has 0 aliphatic heterocycles. The smallest absolute Gasteiger partial charge is 0.243 e. The van der Waals surface area contributed by atoms with E-state index in [-0.39, 0.29) is 36.4 Å². The fraction of sp³-hybridized carbons (Fsp3) is 0.357. The van der Waals surface area contributed by atoms with Gasteiger partial charge in [-0.25, -0.2) is 23.4 Å². The maximum Gasteiger partial charge on any atom is 0.243 e. The number of nitrogens with zero attached hydrogens (tertiary/aromatic N) is 5. The minimum atomic E-state index is -3.94. The van der Waals surface area contributed by atoms with Gasteiger partial charge in [0.15, 0.2) is 5.65 Å². The molecule has 2 aromatic carbocycles. The van der Waals surface area contributed by atoms with Gasteiger partial charge < -0.3 is 19.7 Å². The summed E-state index contributed by atoms with van der Waals surface area (Å²) in [6.45, 7) is 3.73. The molecule has 0 aliphatic rings. The third-order valence-corrected chi connectivity index (χ3v) is 8.21. The number of methoxy groups -OCH3 is 1. The highest BCUT2D eigenvalue weighted by Crippen LogP contribution is 2.22. The highest BCUT2D eigenvalue weighted by molar-refractivity contribution is 7.89. The molecule has 4 rings (SSSR count). The molecule has 0 unspecified atom stereocenters. The van der Waals surface area contributed by atoms with Crippen molar-refractivity contribution in [1.82, 2.24) is 29.1 Å². The summed E-state index contributed by atoms with van der Waals surface area (Å²) in [6, 6.07) is 14.8. The molecule has 0 saturated heterocycles. The standard InChI is InChI=1S/C28H34N6O5S/c1-20(2)15-34(40(37,38)23-11-9-22(39-3)10-12-23)16-26(35)24(13-21-7-5-4-6-8-21)32-27(36)17-33-19-31-25-14-29-18-30-28(25)33/h4-12,14,18-20,24,26,35H,13,15-17H2,1-3H3,(H,32,36)/t24-,26+/m0/s1. The monoisotopic (exact) mass is 566 g/mol. The van der Waals surface area contributed by atoms with Gasteiger partial charge >= 0.3 is 0 Å². The summed E-state index contributed by atoms with van der Waals surface area (Å²) < 4.78 is 35.2. The summed E-state index contributed by atoms with van der Waals surface area (Å²) in [5, 5.41) is 14.3. The van der Waals surface area contributed by atoms with Crippen molar-refractivity contribution in [2.24, 2.45) is 5.92 Å². The Balaban J connectivity index is 1.56. The number of aromatic nitrogens is 4. The molecular weight excluding hydrogens is 532 g/mol. The van der Waals surface area contributed by atoms with Gasteiger partial charge in [-0.1, -0.05) is 44.2 Å². The molecule has 0 spiro atoms. The van der Waals surface area contributed by atoms with E-state index in [1.807, 2.05) is 44.2 Å². The predicted molar refractivity (Wildman–Crippen MR) is 150 cm³/mol. The highest BCUT2D eigenvalue weighted by Gasteiger charge is 2.31. The van der Waals surface area contributed by atoms with E-state index in [1.54, 1.807) is 22.9 Å². The number of rotatable bonds is 13. The van der Waals surface area contributed by atoms with E-state index in [1.165, 1.54) is 36.2 Å². The molecule has 0 saturated carbocycles. The van der Waals surface area contributed by atoms with Gasteiger partial charge in [-0.15, -0.1) is 0 Å². The van der Waals surface area contributed by atoms with Gasteiger partial charge in [0, 0.05) is 13.1 Å². The molecule has 2 heterocycles. The van der Waals surface area contributed by atoms with Crippen molar-refractivity contribution in [3.05, 3.63) is 79.0 Å². The molecule has 4 aromatic rings. The van der Waals surface area contributed by atoms with Crippen LogP contribution in [0, 0.1) is 5.92 Å². The van der Waals surface area contributed by atoms with Gasteiger partial charge in [0.1, 0.15) is 24.1 Å². The van der Waals surface area contributed by atoms with Crippen molar-refractivity contribution in [3.8, 4) is 5.75 Å². The van der Waals surface area contributed by atoms with Crippen LogP contribution in [0.4, 0.5) is 0 Å². The zero-order valence-corrected chi connectivity index (χ0v) is 23.5. The summed E-state index contributed by atoms with van der Waals surface area (Å²) in [7, 11) is -2.43. The van der Waals surface area contributed by atoms with Crippen LogP contribution in [0.25, 0.3) is 11.2 Å². The molecule has 2 aromatic heterocycles. The van der Waals surface area contributed by atoms with Crippen LogP contribution in [-0.2, 0) is 27.8 Å². The maximum atomic E-state index is 13.6. The number of imidazole rings is 1. The second-order valence-corrected chi connectivity index (χ2v) is 11.9. The normalized spacial score (nSPS) is 13.4. The Morgan fingerprint density at radius 2 is 1.80 bits per heavy atom. The number of benzene rings is 2. The Morgan fingerprint density at radius 1 is 1.07 bits per heavy atom. The van der Waals surface area contributed by atoms with Crippen LogP contribution < -0.4 is 10.1 Å². The largest absolute Gasteiger partial charge is 0.497 e. The van der Waals surface area contributed by atoms with E-state index in [2.05, 4.69) is 20.3 Å². The minimum Gasteiger partial charge on any atom is -0.497 e. The zero-order valence-electron chi connectivity index (χ0n) is 22.7. The summed E-state index contributed by atoms with van der Waals surface area (Å²) in [5.74, 6) is 0.169. The molecule has 2 N–H and O–H groups in total. The quantitative estimate of drug-likeness (QED) is 0.251. The fourth-order valence-corrected chi connectivity index (χ4v) is 6.02. The van der Waals surface area contributed by atoms with Crippen molar-refractivity contribution in [1.29, 1.82) is 0 Å². The van der Waals surface area contributed by atoms with Crippen molar-refractivity contribution >= 4 is 27.1 Å². The Labute approximate surface area is 233 Å². The minimum absolute atomic E-state index is 0.00102. The maximum absolute atomic E-state index is 13.6. The Hall–Kier alpha value is -3.87. The van der Waals surface area contributed by atoms with Gasteiger partial charge in [0.25, 0.3) is 0 Å². The molecule has 212 valence electrons. The number of hydrogen-bond acceptors (Lipinski definition) is 8. The Morgan fingerprint density at radius 3 is 2.48 bits per heavy atom. The first kappa shape index (κ1) is 29.1. The van der Waals surface area contributed by atoms with Gasteiger partial charge in [-0.05, 0) is 42.2 Å². The molecule has 2 atom stereocenters. The van der Waals surface area contributed by atoms with Crippen LogP contribution in [-0.4, -0.2) is 75.6 Å². The van der Waals surface area contributed by atoms with E-state index in [9.17, 15) is 18.3 Å². The van der Waals surface area contributed by atoms with Gasteiger partial charge in [-0.2, -0.15) is 4.31 Å². The molecule has 40 heavy (non-hydrogen) atoms. The first-order valence-electron chi connectivity index (χ1n) is 12.9. The lowest BCUT2D eigenvalue weighted by atomic mass is 10.0. The molecular formula is C28H34N6O5S. The summed E-state index contributed by atoms with van der Waals surface area (Å²) in [6.07, 6.45) is 3.56. The van der Waals surface area contributed by atoms with Crippen LogP contribution in [0.5, 0.6) is 5.75 Å². The second kappa shape index (κ2) is 13.0. The molecule has 0 bridgehead atoms. The number of ether oxygens (including phenoxy) is 1. The number of aliphatic hydroxyl groups is 1. The average Bonchev–Trinajstić information content (AvgIpc) is 3.35. The SMILES string of the molecule is COc1ccc(S(=O)(=O)N(CC(C)C)C[C@@H](O)[C@H](Cc2ccccc2)NC(=O)Cn2cnc3cncnc32)cc1. The molecule has 0 aliphatic carbocycles. The lowest BCUT2D eigenvalue weighted by Crippen LogP contribution is -2.51. The Bertz CT molecular complexity index is 1510. The van der Waals surface area contributed by atoms with Crippen molar-refractivity contribution < 1.29 is 23.1 Å². The lowest BCUT2D eigenvalue weighted by molar-refractivity contribution is -0.123. The highest BCUT2D eigenvalue weighted by atomic mass is 32.2. The predicted octanol–water partition coefficient (Wildman–Crippen LogP) is 2.27. The van der Waals surface area contributed by atoms with E-state index < -0.39 is 22.2 Å². The Kier molecular flexibility index (Phi) is 9.46. The average molecular weight is 567 g/mol. The van der Waals surface area contributed by atoms with Crippen LogP contribution in [0.3, 0.4) is 0 Å². The van der Waals surface area contributed by atoms with Crippen LogP contribution in [0.1, 0.15) is 19.4 Å². The molecule has 0 fully saturated rings. The van der Waals surface area contributed by atoms with E-state index in [0.717, 1.165) is 5.56 Å². The number of nitrogens with one attached hydrogen (secondary N) is 1. The first-order chi connectivity index (χ1) is 19.2. The fourth-order valence-electron chi connectivity index (χ4n) is 4.40. The van der Waals surface area contributed by atoms with Crippen molar-refractivity contribution in [2.75, 3.05) is 20.2 Å². The number of fused-ring (bicyclic) bond motifs is 1. The second-order valence-electron chi connectivity index (χ2n) is 9.93. The first-order valence-corrected chi connectivity index (χ1v) is 14.4. The number of carbonyl (C=O) groups excluding carboxylic acids is 1. The number of hydrogen-bond donors (Lipinski definition) is 2. The third-order valence-electron chi connectivity index (χ3n) is 6.36. The van der Waals surface area contributed by atoms with Crippen molar-refractivity contribution in [2.45, 2.75) is 43.9 Å². The van der Waals surface area contributed by atoms with Crippen LogP contribution in [0.15, 0.2) is 78.3 Å². The zero-order chi connectivity index (χ0) is 28.7. The number of carbonyl (C=O) groups is 1. The van der Waals surface area contributed by atoms with Gasteiger partial charge in [-0.3, -0.25) is 4.79 Å².